The van der Waals surface area contributed by atoms with Crippen LogP contribution in [-0.2, 0) is 0 Å². The van der Waals surface area contributed by atoms with Gasteiger partial charge in [-0.3, -0.25) is 15.6 Å². The van der Waals surface area contributed by atoms with Crippen LogP contribution in [0.4, 0.5) is 15.8 Å². The maximum absolute atomic E-state index is 13.3. The number of nitrogens with two attached hydrogens (primary N) is 1. The van der Waals surface area contributed by atoms with E-state index in [0.29, 0.717) is 16.9 Å². The minimum Gasteiger partial charge on any atom is -0.324 e. The van der Waals surface area contributed by atoms with Crippen LogP contribution in [0.2, 0.25) is 0 Å². The fourth-order valence-electron chi connectivity index (χ4n) is 1.61. The van der Waals surface area contributed by atoms with Gasteiger partial charge < -0.3 is 10.7 Å². The standard InChI is InChI=1S/C13H12BrFN4O/c1-7-4-10(15)9(14)6-11(7)18-13(20)12-5-8(19-16)2-3-17-12/h2-6H,16H2,1H3,(H,17,19)(H,18,20). The number of hydrazine groups is 1. The second-order valence-corrected chi connectivity index (χ2v) is 4.96. The number of amides is 1. The molecule has 0 fully saturated rings. The summed E-state index contributed by atoms with van der Waals surface area (Å²) in [5, 5.41) is 2.68. The van der Waals surface area contributed by atoms with Crippen molar-refractivity contribution in [2.75, 3.05) is 10.7 Å². The van der Waals surface area contributed by atoms with Crippen molar-refractivity contribution in [2.24, 2.45) is 5.84 Å². The molecule has 0 unspecified atom stereocenters. The number of rotatable bonds is 3. The number of carbonyl (C=O) groups excluding carboxylic acids is 1. The topological polar surface area (TPSA) is 80.0 Å². The van der Waals surface area contributed by atoms with Gasteiger partial charge in [-0.2, -0.15) is 0 Å². The van der Waals surface area contributed by atoms with E-state index in [-0.39, 0.29) is 16.0 Å². The van der Waals surface area contributed by atoms with E-state index in [1.807, 2.05) is 0 Å². The number of hydrogen-bond donors (Lipinski definition) is 3. The van der Waals surface area contributed by atoms with Crippen LogP contribution < -0.4 is 16.6 Å². The van der Waals surface area contributed by atoms with Crippen molar-refractivity contribution in [3.63, 3.8) is 0 Å². The van der Waals surface area contributed by atoms with Crippen LogP contribution in [0.1, 0.15) is 16.1 Å². The number of nitrogen functional groups attached to an aromatic ring is 1. The first-order chi connectivity index (χ1) is 9.51. The number of nitrogens with zero attached hydrogens (tertiary/aromatic N) is 1. The van der Waals surface area contributed by atoms with E-state index < -0.39 is 5.91 Å². The summed E-state index contributed by atoms with van der Waals surface area (Å²) in [5.74, 6) is 4.49. The van der Waals surface area contributed by atoms with E-state index in [2.05, 4.69) is 31.7 Å². The lowest BCUT2D eigenvalue weighted by Crippen LogP contribution is -2.15. The Labute approximate surface area is 123 Å². The second-order valence-electron chi connectivity index (χ2n) is 4.11. The number of benzene rings is 1. The third kappa shape index (κ3) is 3.12. The molecule has 0 aliphatic rings. The largest absolute Gasteiger partial charge is 0.324 e. The third-order valence-corrected chi connectivity index (χ3v) is 3.28. The predicted octanol–water partition coefficient (Wildman–Crippen LogP) is 2.83. The number of halogens is 2. The van der Waals surface area contributed by atoms with Crippen molar-refractivity contribution in [2.45, 2.75) is 6.92 Å². The van der Waals surface area contributed by atoms with Crippen LogP contribution in [0.25, 0.3) is 0 Å². The quantitative estimate of drug-likeness (QED) is 0.593. The van der Waals surface area contributed by atoms with Gasteiger partial charge in [0.05, 0.1) is 10.2 Å². The molecule has 5 nitrogen and oxygen atoms in total. The highest BCUT2D eigenvalue weighted by molar-refractivity contribution is 9.10. The van der Waals surface area contributed by atoms with Gasteiger partial charge in [-0.25, -0.2) is 4.39 Å². The number of aromatic nitrogens is 1. The lowest BCUT2D eigenvalue weighted by Gasteiger charge is -2.10. The molecule has 4 N–H and O–H groups in total. The first-order valence-electron chi connectivity index (χ1n) is 5.71. The number of aryl methyl sites for hydroxylation is 1. The van der Waals surface area contributed by atoms with Crippen LogP contribution in [0.15, 0.2) is 34.9 Å². The van der Waals surface area contributed by atoms with E-state index >= 15 is 0 Å². The van der Waals surface area contributed by atoms with Gasteiger partial charge >= 0.3 is 0 Å². The molecule has 0 radical (unpaired) electrons. The Morgan fingerprint density at radius 3 is 2.85 bits per heavy atom. The molecule has 0 aliphatic carbocycles. The molecule has 0 atom stereocenters. The van der Waals surface area contributed by atoms with Crippen LogP contribution in [0.3, 0.4) is 0 Å². The Kier molecular flexibility index (Phi) is 4.31. The fourth-order valence-corrected chi connectivity index (χ4v) is 1.96. The summed E-state index contributed by atoms with van der Waals surface area (Å²) in [6, 6.07) is 6.00. The number of pyridine rings is 1. The number of nitrogens with one attached hydrogen (secondary N) is 2. The van der Waals surface area contributed by atoms with Crippen molar-refractivity contribution in [3.05, 3.63) is 52.0 Å². The minimum absolute atomic E-state index is 0.209. The zero-order valence-electron chi connectivity index (χ0n) is 10.6. The van der Waals surface area contributed by atoms with Crippen molar-refractivity contribution >= 4 is 33.2 Å². The van der Waals surface area contributed by atoms with Crippen LogP contribution in [-0.4, -0.2) is 10.9 Å². The highest BCUT2D eigenvalue weighted by atomic mass is 79.9. The molecule has 0 saturated carbocycles. The summed E-state index contributed by atoms with van der Waals surface area (Å²) in [6.45, 7) is 1.70. The van der Waals surface area contributed by atoms with Crippen molar-refractivity contribution in [3.8, 4) is 0 Å². The lowest BCUT2D eigenvalue weighted by atomic mass is 10.2. The molecule has 0 saturated heterocycles. The molecule has 0 aliphatic heterocycles. The van der Waals surface area contributed by atoms with Crippen molar-refractivity contribution in [1.29, 1.82) is 0 Å². The molecular formula is C13H12BrFN4O. The molecule has 1 amide bonds. The maximum Gasteiger partial charge on any atom is 0.274 e. The van der Waals surface area contributed by atoms with E-state index in [4.69, 9.17) is 5.84 Å². The summed E-state index contributed by atoms with van der Waals surface area (Å²) in [6.07, 6.45) is 1.47. The van der Waals surface area contributed by atoms with Gasteiger partial charge in [0.15, 0.2) is 0 Å². The predicted molar refractivity (Wildman–Crippen MR) is 78.8 cm³/mol. The van der Waals surface area contributed by atoms with Crippen molar-refractivity contribution < 1.29 is 9.18 Å². The van der Waals surface area contributed by atoms with Gasteiger partial charge in [0.1, 0.15) is 11.5 Å². The summed E-state index contributed by atoms with van der Waals surface area (Å²) in [5.41, 5.74) is 4.35. The lowest BCUT2D eigenvalue weighted by molar-refractivity contribution is 0.102. The Hall–Kier alpha value is -1.99. The Bertz CT molecular complexity index is 663. The molecule has 0 spiro atoms. The molecule has 1 heterocycles. The molecule has 104 valence electrons. The summed E-state index contributed by atoms with van der Waals surface area (Å²) in [4.78, 5) is 16.0. The maximum atomic E-state index is 13.3. The third-order valence-electron chi connectivity index (χ3n) is 2.67. The molecule has 7 heteroatoms. The number of carbonyl (C=O) groups is 1. The van der Waals surface area contributed by atoms with Crippen LogP contribution >= 0.6 is 15.9 Å². The van der Waals surface area contributed by atoms with Crippen LogP contribution in [0.5, 0.6) is 0 Å². The fraction of sp³-hybridized carbons (Fsp3) is 0.0769. The highest BCUT2D eigenvalue weighted by Gasteiger charge is 2.11. The SMILES string of the molecule is Cc1cc(F)c(Br)cc1NC(=O)c1cc(NN)ccn1. The zero-order valence-corrected chi connectivity index (χ0v) is 12.2. The number of anilines is 2. The van der Waals surface area contributed by atoms with Gasteiger partial charge in [0.2, 0.25) is 0 Å². The average molecular weight is 339 g/mol. The molecule has 1 aromatic heterocycles. The number of hydrogen-bond acceptors (Lipinski definition) is 4. The van der Waals surface area contributed by atoms with E-state index in [9.17, 15) is 9.18 Å². The molecule has 1 aromatic carbocycles. The zero-order chi connectivity index (χ0) is 14.7. The smallest absolute Gasteiger partial charge is 0.274 e. The first-order valence-corrected chi connectivity index (χ1v) is 6.50. The van der Waals surface area contributed by atoms with Crippen molar-refractivity contribution in [1.82, 2.24) is 4.98 Å². The normalized spacial score (nSPS) is 10.2. The summed E-state index contributed by atoms with van der Waals surface area (Å²) >= 11 is 3.08. The summed E-state index contributed by atoms with van der Waals surface area (Å²) in [7, 11) is 0. The molecule has 0 bridgehead atoms. The van der Waals surface area contributed by atoms with E-state index in [1.165, 1.54) is 24.4 Å². The van der Waals surface area contributed by atoms with E-state index in [1.54, 1.807) is 13.0 Å². The Morgan fingerprint density at radius 1 is 1.40 bits per heavy atom. The van der Waals surface area contributed by atoms with Crippen LogP contribution in [0, 0.1) is 12.7 Å². The Balaban J connectivity index is 2.25. The van der Waals surface area contributed by atoms with Gasteiger partial charge in [-0.05, 0) is 52.7 Å². The second kappa shape index (κ2) is 5.98. The average Bonchev–Trinajstić information content (AvgIpc) is 2.44. The van der Waals surface area contributed by atoms with Gasteiger partial charge in [0.25, 0.3) is 5.91 Å². The molecular weight excluding hydrogens is 327 g/mol. The summed E-state index contributed by atoms with van der Waals surface area (Å²) < 4.78 is 13.6. The monoisotopic (exact) mass is 338 g/mol. The first kappa shape index (κ1) is 14.4. The minimum atomic E-state index is -0.399. The molecule has 20 heavy (non-hydrogen) atoms. The Morgan fingerprint density at radius 2 is 2.15 bits per heavy atom. The molecule has 2 aromatic rings. The van der Waals surface area contributed by atoms with Gasteiger partial charge in [0, 0.05) is 11.9 Å². The van der Waals surface area contributed by atoms with Gasteiger partial charge in [-0.15, -0.1) is 0 Å². The van der Waals surface area contributed by atoms with E-state index in [0.717, 1.165) is 0 Å². The molecule has 2 rings (SSSR count). The van der Waals surface area contributed by atoms with Gasteiger partial charge in [-0.1, -0.05) is 0 Å². The highest BCUT2D eigenvalue weighted by Crippen LogP contribution is 2.24.